The van der Waals surface area contributed by atoms with Gasteiger partial charge in [-0.15, -0.1) is 0 Å². The molecule has 3 aromatic rings. The number of carbonyl (C=O) groups is 1. The minimum absolute atomic E-state index is 0.151. The monoisotopic (exact) mass is 374 g/mol. The van der Waals surface area contributed by atoms with Crippen LogP contribution in [0.5, 0.6) is 0 Å². The predicted molar refractivity (Wildman–Crippen MR) is 88.1 cm³/mol. The van der Waals surface area contributed by atoms with Crippen molar-refractivity contribution in [2.75, 3.05) is 0 Å². The van der Waals surface area contributed by atoms with Gasteiger partial charge in [-0.25, -0.2) is 9.50 Å². The first kappa shape index (κ1) is 14.4. The van der Waals surface area contributed by atoms with Crippen LogP contribution in [-0.4, -0.2) is 36.3 Å². The molecule has 0 atom stereocenters. The Morgan fingerprint density at radius 1 is 1.43 bits per heavy atom. The summed E-state index contributed by atoms with van der Waals surface area (Å²) in [4.78, 5) is 16.5. The van der Waals surface area contributed by atoms with E-state index in [1.807, 2.05) is 23.9 Å². The molecule has 0 aromatic carbocycles. The average molecular weight is 375 g/mol. The Hall–Kier alpha value is -2.22. The van der Waals surface area contributed by atoms with Gasteiger partial charge in [-0.1, -0.05) is 0 Å². The number of aryl methyl sites for hydroxylation is 1. The Morgan fingerprint density at radius 2 is 2.26 bits per heavy atom. The third kappa shape index (κ3) is 2.63. The second-order valence-electron chi connectivity index (χ2n) is 5.56. The third-order valence-electron chi connectivity index (χ3n) is 3.79. The molecule has 23 heavy (non-hydrogen) atoms. The van der Waals surface area contributed by atoms with Crippen LogP contribution < -0.4 is 5.32 Å². The number of aromatic nitrogens is 5. The zero-order chi connectivity index (χ0) is 16.0. The lowest BCUT2D eigenvalue weighted by atomic mass is 10.3. The van der Waals surface area contributed by atoms with Gasteiger partial charge in [0.15, 0.2) is 11.3 Å². The number of fused-ring (bicyclic) bond motifs is 1. The second kappa shape index (κ2) is 5.45. The Balaban J connectivity index is 1.78. The highest BCUT2D eigenvalue weighted by Crippen LogP contribution is 2.27. The van der Waals surface area contributed by atoms with Gasteiger partial charge in [0.1, 0.15) is 5.69 Å². The van der Waals surface area contributed by atoms with Crippen molar-refractivity contribution in [1.82, 2.24) is 29.7 Å². The third-order valence-corrected chi connectivity index (χ3v) is 4.37. The van der Waals surface area contributed by atoms with Crippen molar-refractivity contribution in [2.24, 2.45) is 0 Å². The summed E-state index contributed by atoms with van der Waals surface area (Å²) in [7, 11) is 0. The van der Waals surface area contributed by atoms with Gasteiger partial charge in [-0.2, -0.15) is 10.2 Å². The van der Waals surface area contributed by atoms with E-state index in [2.05, 4.69) is 36.4 Å². The largest absolute Gasteiger partial charge is 0.348 e. The lowest BCUT2D eigenvalue weighted by Crippen LogP contribution is -2.25. The van der Waals surface area contributed by atoms with E-state index in [1.54, 1.807) is 16.8 Å². The van der Waals surface area contributed by atoms with Crippen molar-refractivity contribution < 1.29 is 4.79 Å². The zero-order valence-electron chi connectivity index (χ0n) is 12.5. The topological polar surface area (TPSA) is 77.1 Å². The van der Waals surface area contributed by atoms with Crippen LogP contribution in [0, 0.1) is 0 Å². The van der Waals surface area contributed by atoms with Crippen molar-refractivity contribution in [2.45, 2.75) is 32.4 Å². The summed E-state index contributed by atoms with van der Waals surface area (Å²) in [6.45, 7) is 2.81. The molecule has 1 amide bonds. The maximum Gasteiger partial charge on any atom is 0.272 e. The summed E-state index contributed by atoms with van der Waals surface area (Å²) in [6.07, 6.45) is 5.71. The van der Waals surface area contributed by atoms with Gasteiger partial charge < -0.3 is 5.32 Å². The van der Waals surface area contributed by atoms with Crippen LogP contribution in [0.4, 0.5) is 0 Å². The van der Waals surface area contributed by atoms with E-state index in [-0.39, 0.29) is 5.91 Å². The van der Waals surface area contributed by atoms with Crippen molar-refractivity contribution in [3.05, 3.63) is 34.7 Å². The molecule has 1 aliphatic carbocycles. The van der Waals surface area contributed by atoms with E-state index in [0.717, 1.165) is 35.2 Å². The smallest absolute Gasteiger partial charge is 0.272 e. The number of halogens is 1. The molecule has 3 heterocycles. The van der Waals surface area contributed by atoms with Crippen molar-refractivity contribution in [3.8, 4) is 11.4 Å². The molecule has 0 spiro atoms. The van der Waals surface area contributed by atoms with Gasteiger partial charge in [0.05, 0.1) is 10.2 Å². The SMILES string of the molecule is CCn1cc(Br)c(-c2ccnc3cc(C(=O)NC4CC4)nn23)n1. The molecular formula is C15H15BrN6O. The number of amides is 1. The quantitative estimate of drug-likeness (QED) is 0.759. The highest BCUT2D eigenvalue weighted by molar-refractivity contribution is 9.10. The number of carbonyl (C=O) groups excluding carboxylic acids is 1. The number of hydrogen-bond donors (Lipinski definition) is 1. The molecule has 4 rings (SSSR count). The van der Waals surface area contributed by atoms with E-state index in [0.29, 0.717) is 17.4 Å². The molecule has 7 nitrogen and oxygen atoms in total. The molecule has 3 aromatic heterocycles. The molecule has 0 aliphatic heterocycles. The van der Waals surface area contributed by atoms with Crippen LogP contribution in [0.3, 0.4) is 0 Å². The molecule has 0 radical (unpaired) electrons. The number of rotatable bonds is 4. The number of hydrogen-bond acceptors (Lipinski definition) is 4. The zero-order valence-corrected chi connectivity index (χ0v) is 14.1. The van der Waals surface area contributed by atoms with Crippen molar-refractivity contribution in [1.29, 1.82) is 0 Å². The maximum absolute atomic E-state index is 12.2. The van der Waals surface area contributed by atoms with Crippen molar-refractivity contribution >= 4 is 27.5 Å². The van der Waals surface area contributed by atoms with Crippen LogP contribution in [0.15, 0.2) is 29.0 Å². The number of nitrogens with zero attached hydrogens (tertiary/aromatic N) is 5. The van der Waals surface area contributed by atoms with Crippen LogP contribution in [-0.2, 0) is 6.54 Å². The van der Waals surface area contributed by atoms with E-state index in [9.17, 15) is 4.79 Å². The molecule has 1 N–H and O–H groups in total. The first-order chi connectivity index (χ1) is 11.2. The molecule has 8 heteroatoms. The molecular weight excluding hydrogens is 360 g/mol. The fourth-order valence-electron chi connectivity index (χ4n) is 2.41. The Labute approximate surface area is 140 Å². The van der Waals surface area contributed by atoms with Gasteiger partial charge in [0.2, 0.25) is 0 Å². The van der Waals surface area contributed by atoms with Crippen LogP contribution in [0.2, 0.25) is 0 Å². The van der Waals surface area contributed by atoms with Crippen LogP contribution >= 0.6 is 15.9 Å². The molecule has 1 saturated carbocycles. The van der Waals surface area contributed by atoms with Crippen LogP contribution in [0.1, 0.15) is 30.3 Å². The predicted octanol–water partition coefficient (Wildman–Crippen LogP) is 2.27. The molecule has 1 aliphatic rings. The average Bonchev–Trinajstić information content (AvgIpc) is 3.11. The standard InChI is InChI=1S/C15H15BrN6O/c1-2-21-8-10(16)14(20-21)12-5-6-17-13-7-11(19-22(12)13)15(23)18-9-3-4-9/h5-9H,2-4H2,1H3,(H,18,23). The van der Waals surface area contributed by atoms with Gasteiger partial charge in [-0.3, -0.25) is 9.48 Å². The van der Waals surface area contributed by atoms with Gasteiger partial charge in [0.25, 0.3) is 5.91 Å². The highest BCUT2D eigenvalue weighted by atomic mass is 79.9. The molecule has 0 bridgehead atoms. The van der Waals surface area contributed by atoms with Gasteiger partial charge >= 0.3 is 0 Å². The summed E-state index contributed by atoms with van der Waals surface area (Å²) in [5.74, 6) is -0.151. The molecule has 0 unspecified atom stereocenters. The first-order valence-corrected chi connectivity index (χ1v) is 8.34. The highest BCUT2D eigenvalue weighted by Gasteiger charge is 2.25. The summed E-state index contributed by atoms with van der Waals surface area (Å²) < 4.78 is 4.39. The van der Waals surface area contributed by atoms with Gasteiger partial charge in [0, 0.05) is 31.0 Å². The van der Waals surface area contributed by atoms with Gasteiger partial charge in [-0.05, 0) is 41.8 Å². The lowest BCUT2D eigenvalue weighted by Gasteiger charge is -2.02. The Kier molecular flexibility index (Phi) is 3.41. The normalized spacial score (nSPS) is 14.3. The van der Waals surface area contributed by atoms with Crippen molar-refractivity contribution in [3.63, 3.8) is 0 Å². The maximum atomic E-state index is 12.2. The number of nitrogens with one attached hydrogen (secondary N) is 1. The second-order valence-corrected chi connectivity index (χ2v) is 6.41. The lowest BCUT2D eigenvalue weighted by molar-refractivity contribution is 0.0946. The Morgan fingerprint density at radius 3 is 2.96 bits per heavy atom. The minimum atomic E-state index is -0.151. The van der Waals surface area contributed by atoms with E-state index in [4.69, 9.17) is 0 Å². The molecule has 118 valence electrons. The summed E-state index contributed by atoms with van der Waals surface area (Å²) in [5.41, 5.74) is 2.57. The fraction of sp³-hybridized carbons (Fsp3) is 0.333. The molecule has 0 saturated heterocycles. The van der Waals surface area contributed by atoms with E-state index >= 15 is 0 Å². The summed E-state index contributed by atoms with van der Waals surface area (Å²) >= 11 is 3.53. The van der Waals surface area contributed by atoms with E-state index in [1.165, 1.54) is 0 Å². The Bertz CT molecular complexity index is 895. The molecule has 1 fully saturated rings. The van der Waals surface area contributed by atoms with E-state index < -0.39 is 0 Å². The first-order valence-electron chi connectivity index (χ1n) is 7.54. The fourth-order valence-corrected chi connectivity index (χ4v) is 2.92. The summed E-state index contributed by atoms with van der Waals surface area (Å²) in [6, 6.07) is 3.84. The summed E-state index contributed by atoms with van der Waals surface area (Å²) in [5, 5.41) is 11.9. The van der Waals surface area contributed by atoms with Crippen LogP contribution in [0.25, 0.3) is 17.0 Å². The minimum Gasteiger partial charge on any atom is -0.348 e.